The third-order valence-corrected chi connectivity index (χ3v) is 1.89. The van der Waals surface area contributed by atoms with Crippen LogP contribution < -0.4 is 5.73 Å². The summed E-state index contributed by atoms with van der Waals surface area (Å²) in [6.07, 6.45) is 6.56. The molecule has 2 atom stereocenters. The van der Waals surface area contributed by atoms with Gasteiger partial charge < -0.3 is 15.9 Å². The molecule has 0 aromatic heterocycles. The average Bonchev–Trinajstić information content (AvgIpc) is 2.09. The molecule has 0 saturated carbocycles. The molecule has 0 fully saturated rings. The largest absolute Gasteiger partial charge is 0.395 e. The minimum absolute atomic E-state index is 0.00767. The van der Waals surface area contributed by atoms with Gasteiger partial charge in [-0.25, -0.2) is 0 Å². The number of hydrogen-bond acceptors (Lipinski definition) is 3. The molecule has 3 nitrogen and oxygen atoms in total. The van der Waals surface area contributed by atoms with Crippen molar-refractivity contribution in [3.05, 3.63) is 23.8 Å². The summed E-state index contributed by atoms with van der Waals surface area (Å²) in [5.41, 5.74) is 6.65. The van der Waals surface area contributed by atoms with Crippen molar-refractivity contribution in [3.8, 4) is 0 Å². The lowest BCUT2D eigenvalue weighted by molar-refractivity contribution is 0.224. The van der Waals surface area contributed by atoms with Crippen molar-refractivity contribution in [3.63, 3.8) is 0 Å². The Morgan fingerprint density at radius 2 is 2.42 bits per heavy atom. The third-order valence-electron chi connectivity index (χ3n) is 1.89. The molecule has 1 aliphatic carbocycles. The SMILES string of the molecule is NC(CO)CC1=CC[C@H](O)C=C1. The maximum atomic E-state index is 9.11. The number of nitrogens with two attached hydrogens (primary N) is 1. The van der Waals surface area contributed by atoms with Crippen LogP contribution in [0.1, 0.15) is 12.8 Å². The van der Waals surface area contributed by atoms with Crippen molar-refractivity contribution >= 4 is 0 Å². The predicted octanol–water partition coefficient (Wildman–Crippen LogP) is -0.0567. The van der Waals surface area contributed by atoms with Crippen LogP contribution >= 0.6 is 0 Å². The summed E-state index contributed by atoms with van der Waals surface area (Å²) < 4.78 is 0. The maximum absolute atomic E-state index is 9.11. The molecule has 3 heteroatoms. The smallest absolute Gasteiger partial charge is 0.0758 e. The van der Waals surface area contributed by atoms with E-state index in [1.165, 1.54) is 0 Å². The predicted molar refractivity (Wildman–Crippen MR) is 47.5 cm³/mol. The fourth-order valence-electron chi connectivity index (χ4n) is 1.17. The molecule has 1 aliphatic rings. The number of aliphatic hydroxyl groups is 2. The molecular weight excluding hydrogens is 154 g/mol. The highest BCUT2D eigenvalue weighted by Gasteiger charge is 2.07. The summed E-state index contributed by atoms with van der Waals surface area (Å²) in [5, 5.41) is 17.8. The van der Waals surface area contributed by atoms with E-state index < -0.39 is 0 Å². The zero-order chi connectivity index (χ0) is 8.97. The summed E-state index contributed by atoms with van der Waals surface area (Å²) in [6, 6.07) is -0.184. The Labute approximate surface area is 72.2 Å². The zero-order valence-corrected chi connectivity index (χ0v) is 6.98. The van der Waals surface area contributed by atoms with Crippen molar-refractivity contribution in [2.24, 2.45) is 5.73 Å². The van der Waals surface area contributed by atoms with Crippen LogP contribution in [0.15, 0.2) is 23.8 Å². The van der Waals surface area contributed by atoms with Gasteiger partial charge in [-0.1, -0.05) is 23.8 Å². The lowest BCUT2D eigenvalue weighted by atomic mass is 9.99. The molecule has 0 bridgehead atoms. The van der Waals surface area contributed by atoms with Gasteiger partial charge in [0.05, 0.1) is 12.7 Å². The van der Waals surface area contributed by atoms with Crippen molar-refractivity contribution < 1.29 is 10.2 Å². The fraction of sp³-hybridized carbons (Fsp3) is 0.556. The number of hydrogen-bond donors (Lipinski definition) is 3. The first kappa shape index (κ1) is 9.45. The Hall–Kier alpha value is -0.640. The molecule has 4 N–H and O–H groups in total. The topological polar surface area (TPSA) is 66.5 Å². The van der Waals surface area contributed by atoms with E-state index in [2.05, 4.69) is 0 Å². The first-order chi connectivity index (χ1) is 5.72. The van der Waals surface area contributed by atoms with Crippen LogP contribution in [-0.2, 0) is 0 Å². The first-order valence-corrected chi connectivity index (χ1v) is 4.14. The van der Waals surface area contributed by atoms with E-state index in [9.17, 15) is 0 Å². The minimum Gasteiger partial charge on any atom is -0.395 e. The molecule has 12 heavy (non-hydrogen) atoms. The first-order valence-electron chi connectivity index (χ1n) is 4.14. The van der Waals surface area contributed by atoms with Crippen molar-refractivity contribution in [1.82, 2.24) is 0 Å². The molecule has 0 radical (unpaired) electrons. The van der Waals surface area contributed by atoms with Crippen molar-refractivity contribution in [2.45, 2.75) is 25.0 Å². The summed E-state index contributed by atoms with van der Waals surface area (Å²) in [7, 11) is 0. The van der Waals surface area contributed by atoms with E-state index in [-0.39, 0.29) is 18.8 Å². The van der Waals surface area contributed by atoms with Gasteiger partial charge in [-0.05, 0) is 12.8 Å². The third kappa shape index (κ3) is 2.77. The molecule has 1 unspecified atom stereocenters. The Kier molecular flexibility index (Phi) is 3.47. The minimum atomic E-state index is -0.348. The Morgan fingerprint density at radius 3 is 2.92 bits per heavy atom. The number of aliphatic hydroxyl groups excluding tert-OH is 2. The summed E-state index contributed by atoms with van der Waals surface area (Å²) in [6.45, 7) is 0.00767. The van der Waals surface area contributed by atoms with Crippen LogP contribution in [0.25, 0.3) is 0 Å². The fourth-order valence-corrected chi connectivity index (χ4v) is 1.17. The molecule has 0 aliphatic heterocycles. The maximum Gasteiger partial charge on any atom is 0.0758 e. The zero-order valence-electron chi connectivity index (χ0n) is 6.98. The van der Waals surface area contributed by atoms with Crippen LogP contribution in [0.5, 0.6) is 0 Å². The molecule has 0 aromatic carbocycles. The molecule has 0 heterocycles. The van der Waals surface area contributed by atoms with Crippen LogP contribution in [0.4, 0.5) is 0 Å². The van der Waals surface area contributed by atoms with Gasteiger partial charge in [0.25, 0.3) is 0 Å². The highest BCUT2D eigenvalue weighted by atomic mass is 16.3. The summed E-state index contributed by atoms with van der Waals surface area (Å²) >= 11 is 0. The van der Waals surface area contributed by atoms with Crippen LogP contribution in [0.2, 0.25) is 0 Å². The molecule has 1 rings (SSSR count). The summed E-state index contributed by atoms with van der Waals surface area (Å²) in [4.78, 5) is 0. The van der Waals surface area contributed by atoms with E-state index in [4.69, 9.17) is 15.9 Å². The van der Waals surface area contributed by atoms with E-state index in [1.54, 1.807) is 6.08 Å². The van der Waals surface area contributed by atoms with Crippen LogP contribution in [-0.4, -0.2) is 29.0 Å². The lowest BCUT2D eigenvalue weighted by Crippen LogP contribution is -2.24. The van der Waals surface area contributed by atoms with E-state index in [1.807, 2.05) is 12.2 Å². The molecule has 0 spiro atoms. The normalized spacial score (nSPS) is 25.2. The monoisotopic (exact) mass is 169 g/mol. The van der Waals surface area contributed by atoms with Crippen LogP contribution in [0.3, 0.4) is 0 Å². The second-order valence-electron chi connectivity index (χ2n) is 3.09. The van der Waals surface area contributed by atoms with Crippen molar-refractivity contribution in [1.29, 1.82) is 0 Å². The molecular formula is C9H15NO2. The Bertz CT molecular complexity index is 199. The molecule has 0 amide bonds. The number of allylic oxidation sites excluding steroid dienone is 1. The Morgan fingerprint density at radius 1 is 1.67 bits per heavy atom. The van der Waals surface area contributed by atoms with E-state index in [0.29, 0.717) is 12.8 Å². The van der Waals surface area contributed by atoms with E-state index in [0.717, 1.165) is 5.57 Å². The average molecular weight is 169 g/mol. The van der Waals surface area contributed by atoms with Gasteiger partial charge in [0.1, 0.15) is 0 Å². The van der Waals surface area contributed by atoms with Gasteiger partial charge in [-0.2, -0.15) is 0 Å². The summed E-state index contributed by atoms with van der Waals surface area (Å²) in [5.74, 6) is 0. The molecule has 0 saturated heterocycles. The lowest BCUT2D eigenvalue weighted by Gasteiger charge is -2.13. The van der Waals surface area contributed by atoms with Gasteiger partial charge in [-0.15, -0.1) is 0 Å². The van der Waals surface area contributed by atoms with Gasteiger partial charge in [0.15, 0.2) is 0 Å². The molecule has 68 valence electrons. The second-order valence-corrected chi connectivity index (χ2v) is 3.09. The quantitative estimate of drug-likeness (QED) is 0.554. The van der Waals surface area contributed by atoms with Gasteiger partial charge in [0.2, 0.25) is 0 Å². The number of rotatable bonds is 3. The van der Waals surface area contributed by atoms with Gasteiger partial charge >= 0.3 is 0 Å². The Balaban J connectivity index is 2.40. The van der Waals surface area contributed by atoms with E-state index >= 15 is 0 Å². The van der Waals surface area contributed by atoms with Gasteiger partial charge in [-0.3, -0.25) is 0 Å². The molecule has 0 aromatic rings. The van der Waals surface area contributed by atoms with Crippen LogP contribution in [0, 0.1) is 0 Å². The standard InChI is InChI=1S/C9H15NO2/c10-8(6-11)5-7-1-3-9(12)4-2-7/h1-3,8-9,11-12H,4-6,10H2/t8?,9-/m1/s1. The highest BCUT2D eigenvalue weighted by molar-refractivity contribution is 5.24. The van der Waals surface area contributed by atoms with Crippen molar-refractivity contribution in [2.75, 3.05) is 6.61 Å². The highest BCUT2D eigenvalue weighted by Crippen LogP contribution is 2.14. The second kappa shape index (κ2) is 4.40. The van der Waals surface area contributed by atoms with Gasteiger partial charge in [0, 0.05) is 6.04 Å².